The van der Waals surface area contributed by atoms with Gasteiger partial charge in [-0.25, -0.2) is 9.97 Å². The Morgan fingerprint density at radius 1 is 1.46 bits per heavy atom. The first kappa shape index (κ1) is 21.5. The van der Waals surface area contributed by atoms with Crippen molar-refractivity contribution in [1.82, 2.24) is 25.5 Å². The number of carbonyl (C=O) groups excluding carboxylic acids is 1. The zero-order valence-electron chi connectivity index (χ0n) is 16.5. The fourth-order valence-corrected chi connectivity index (χ4v) is 2.05. The number of nitrogens with zero attached hydrogens (tertiary/aromatic N) is 4. The first-order chi connectivity index (χ1) is 12.4. The van der Waals surface area contributed by atoms with Crippen LogP contribution >= 0.6 is 0 Å². The molecular weight excluding hydrogens is 328 g/mol. The molecule has 0 aliphatic carbocycles. The lowest BCUT2D eigenvalue weighted by Crippen LogP contribution is -2.32. The van der Waals surface area contributed by atoms with Gasteiger partial charge in [0.05, 0.1) is 5.70 Å². The van der Waals surface area contributed by atoms with Crippen LogP contribution in [0.3, 0.4) is 0 Å². The van der Waals surface area contributed by atoms with Crippen LogP contribution in [0.5, 0.6) is 0 Å². The van der Waals surface area contributed by atoms with Crippen LogP contribution in [0.1, 0.15) is 44.9 Å². The molecule has 0 radical (unpaired) electrons. The number of aromatic nitrogens is 2. The van der Waals surface area contributed by atoms with E-state index in [2.05, 4.69) is 37.1 Å². The second-order valence-electron chi connectivity index (χ2n) is 5.83. The quantitative estimate of drug-likeness (QED) is 0.626. The van der Waals surface area contributed by atoms with Crippen molar-refractivity contribution in [2.24, 2.45) is 4.99 Å². The van der Waals surface area contributed by atoms with Crippen LogP contribution in [0, 0.1) is 0 Å². The Labute approximate surface area is 157 Å². The van der Waals surface area contributed by atoms with E-state index in [1.807, 2.05) is 34.9 Å². The molecule has 0 saturated heterocycles. The van der Waals surface area contributed by atoms with Crippen LogP contribution in [0.4, 0.5) is 0 Å². The predicted molar refractivity (Wildman–Crippen MR) is 109 cm³/mol. The van der Waals surface area contributed by atoms with Gasteiger partial charge in [0, 0.05) is 46.2 Å². The summed E-state index contributed by atoms with van der Waals surface area (Å²) in [6.07, 6.45) is 4.00. The summed E-state index contributed by atoms with van der Waals surface area (Å²) in [4.78, 5) is 27.5. The molecule has 7 nitrogen and oxygen atoms in total. The van der Waals surface area contributed by atoms with Gasteiger partial charge in [-0.2, -0.15) is 0 Å². The van der Waals surface area contributed by atoms with E-state index in [1.54, 1.807) is 18.5 Å². The van der Waals surface area contributed by atoms with E-state index in [0.717, 1.165) is 30.8 Å². The number of allylic oxidation sites excluding steroid dienone is 3. The molecule has 0 aliphatic heterocycles. The summed E-state index contributed by atoms with van der Waals surface area (Å²) in [5.74, 6) is 0.201. The van der Waals surface area contributed by atoms with Gasteiger partial charge in [-0.15, -0.1) is 0 Å². The zero-order valence-corrected chi connectivity index (χ0v) is 16.5. The molecule has 1 aromatic heterocycles. The SMILES string of the molecule is C=C(CC)c1nccc(C(=O)N/C(C=NCC)=C(/C)N(C)CCNC)n1.[HH]. The van der Waals surface area contributed by atoms with Crippen LogP contribution < -0.4 is 10.6 Å². The first-order valence-corrected chi connectivity index (χ1v) is 8.83. The van der Waals surface area contributed by atoms with E-state index in [4.69, 9.17) is 0 Å². The van der Waals surface area contributed by atoms with Gasteiger partial charge in [0.2, 0.25) is 0 Å². The highest BCUT2D eigenvalue weighted by Crippen LogP contribution is 2.11. The molecular formula is C19H32N6O. The largest absolute Gasteiger partial charge is 0.375 e. The summed E-state index contributed by atoms with van der Waals surface area (Å²) >= 11 is 0. The van der Waals surface area contributed by atoms with Gasteiger partial charge in [-0.3, -0.25) is 9.79 Å². The van der Waals surface area contributed by atoms with Gasteiger partial charge in [0.25, 0.3) is 5.91 Å². The lowest BCUT2D eigenvalue weighted by molar-refractivity contribution is 0.0961. The number of hydrogen-bond donors (Lipinski definition) is 2. The highest BCUT2D eigenvalue weighted by Gasteiger charge is 2.13. The van der Waals surface area contributed by atoms with Crippen molar-refractivity contribution in [1.29, 1.82) is 0 Å². The number of carbonyl (C=O) groups is 1. The van der Waals surface area contributed by atoms with Gasteiger partial charge in [0.1, 0.15) is 5.69 Å². The highest BCUT2D eigenvalue weighted by atomic mass is 16.1. The molecule has 0 aliphatic rings. The van der Waals surface area contributed by atoms with Crippen molar-refractivity contribution < 1.29 is 6.22 Å². The molecule has 7 heteroatoms. The van der Waals surface area contributed by atoms with Crippen LogP contribution in [0.15, 0.2) is 35.2 Å². The summed E-state index contributed by atoms with van der Waals surface area (Å²) < 4.78 is 0. The van der Waals surface area contributed by atoms with Crippen molar-refractivity contribution in [3.8, 4) is 0 Å². The van der Waals surface area contributed by atoms with E-state index in [0.29, 0.717) is 23.8 Å². The molecule has 1 heterocycles. The van der Waals surface area contributed by atoms with Crippen molar-refractivity contribution in [3.05, 3.63) is 41.8 Å². The minimum atomic E-state index is -0.295. The smallest absolute Gasteiger partial charge is 0.274 e. The van der Waals surface area contributed by atoms with Crippen LogP contribution in [-0.2, 0) is 0 Å². The zero-order chi connectivity index (χ0) is 19.5. The molecule has 0 spiro atoms. The van der Waals surface area contributed by atoms with E-state index < -0.39 is 0 Å². The third kappa shape index (κ3) is 6.40. The Hall–Kier alpha value is -2.54. The molecule has 0 unspecified atom stereocenters. The average molecular weight is 361 g/mol. The summed E-state index contributed by atoms with van der Waals surface area (Å²) in [6, 6.07) is 1.59. The van der Waals surface area contributed by atoms with E-state index in [9.17, 15) is 4.79 Å². The maximum absolute atomic E-state index is 12.7. The van der Waals surface area contributed by atoms with E-state index in [1.165, 1.54) is 0 Å². The fourth-order valence-electron chi connectivity index (χ4n) is 2.05. The normalized spacial score (nSPS) is 12.0. The van der Waals surface area contributed by atoms with Crippen molar-refractivity contribution >= 4 is 17.7 Å². The van der Waals surface area contributed by atoms with E-state index in [-0.39, 0.29) is 7.33 Å². The fraction of sp³-hybridized carbons (Fsp3) is 0.474. The minimum absolute atomic E-state index is 0. The highest BCUT2D eigenvalue weighted by molar-refractivity contribution is 5.97. The second-order valence-corrected chi connectivity index (χ2v) is 5.83. The van der Waals surface area contributed by atoms with Gasteiger partial charge in [-0.05, 0) is 39.0 Å². The lowest BCUT2D eigenvalue weighted by Gasteiger charge is -2.22. The Morgan fingerprint density at radius 2 is 2.19 bits per heavy atom. The van der Waals surface area contributed by atoms with Crippen molar-refractivity contribution in [3.63, 3.8) is 0 Å². The maximum Gasteiger partial charge on any atom is 0.274 e. The standard InChI is InChI=1S/C19H30N6O.H2/c1-7-14(3)18-22-10-9-16(23-18)19(26)24-17(13-21-8-2)15(4)25(6)12-11-20-5;/h9-10,13,20H,3,7-8,11-12H2,1-2,4-6H3,(H,24,26);1H/b17-15-,21-13?;. The molecule has 0 bridgehead atoms. The average Bonchev–Trinajstić information content (AvgIpc) is 2.67. The number of hydrogen-bond acceptors (Lipinski definition) is 6. The number of likely N-dealkylation sites (N-methyl/N-ethyl adjacent to an activating group) is 2. The third-order valence-electron chi connectivity index (χ3n) is 3.94. The summed E-state index contributed by atoms with van der Waals surface area (Å²) in [6.45, 7) is 12.1. The van der Waals surface area contributed by atoms with Crippen LogP contribution in [0.2, 0.25) is 0 Å². The molecule has 0 saturated carbocycles. The summed E-state index contributed by atoms with van der Waals surface area (Å²) in [5.41, 5.74) is 2.69. The Morgan fingerprint density at radius 3 is 2.81 bits per heavy atom. The van der Waals surface area contributed by atoms with Gasteiger partial charge in [-0.1, -0.05) is 13.5 Å². The number of aliphatic imine (C=N–C) groups is 1. The Bertz CT molecular complexity index is 687. The van der Waals surface area contributed by atoms with Gasteiger partial charge in [0.15, 0.2) is 5.82 Å². The molecule has 1 aromatic rings. The summed E-state index contributed by atoms with van der Waals surface area (Å²) in [7, 11) is 3.89. The van der Waals surface area contributed by atoms with Gasteiger partial charge >= 0.3 is 0 Å². The minimum Gasteiger partial charge on any atom is -0.375 e. The monoisotopic (exact) mass is 360 g/mol. The molecule has 0 atom stereocenters. The van der Waals surface area contributed by atoms with Crippen molar-refractivity contribution in [2.75, 3.05) is 33.7 Å². The molecule has 2 N–H and O–H groups in total. The molecule has 0 fully saturated rings. The Balaban J connectivity index is 0.00000676. The first-order valence-electron chi connectivity index (χ1n) is 8.83. The van der Waals surface area contributed by atoms with E-state index >= 15 is 0 Å². The number of nitrogens with one attached hydrogen (secondary N) is 2. The van der Waals surface area contributed by atoms with Crippen LogP contribution in [0.25, 0.3) is 5.57 Å². The van der Waals surface area contributed by atoms with Crippen molar-refractivity contribution in [2.45, 2.75) is 27.2 Å². The third-order valence-corrected chi connectivity index (χ3v) is 3.94. The summed E-state index contributed by atoms with van der Waals surface area (Å²) in [5, 5.41) is 6.03. The molecule has 0 aromatic carbocycles. The molecule has 1 amide bonds. The Kier molecular flexibility index (Phi) is 9.22. The van der Waals surface area contributed by atoms with Crippen LogP contribution in [-0.4, -0.2) is 60.7 Å². The molecule has 1 rings (SSSR count). The maximum atomic E-state index is 12.7. The molecule has 144 valence electrons. The van der Waals surface area contributed by atoms with Gasteiger partial charge < -0.3 is 15.5 Å². The number of amides is 1. The second kappa shape index (κ2) is 11.1. The molecule has 26 heavy (non-hydrogen) atoms. The lowest BCUT2D eigenvalue weighted by atomic mass is 10.2. The topological polar surface area (TPSA) is 82.5 Å². The predicted octanol–water partition coefficient (Wildman–Crippen LogP) is 2.35. The number of rotatable bonds is 10.